The Labute approximate surface area is 127 Å². The number of benzene rings is 1. The number of nitrogens with one attached hydrogen (secondary N) is 1. The van der Waals surface area contributed by atoms with Crippen LogP contribution in [-0.4, -0.2) is 36.4 Å². The maximum absolute atomic E-state index is 12.2. The highest BCUT2D eigenvalue weighted by molar-refractivity contribution is 6.30. The van der Waals surface area contributed by atoms with E-state index < -0.39 is 11.9 Å². The number of amides is 2. The Kier molecular flexibility index (Phi) is 4.80. The summed E-state index contributed by atoms with van der Waals surface area (Å²) < 4.78 is 4.63. The van der Waals surface area contributed by atoms with Crippen LogP contribution in [0.15, 0.2) is 24.3 Å². The fraction of sp³-hybridized carbons (Fsp3) is 0.357. The average Bonchev–Trinajstić information content (AvgIpc) is 2.48. The number of halogens is 1. The Hall–Kier alpha value is -2.08. The van der Waals surface area contributed by atoms with Crippen LogP contribution >= 0.6 is 11.6 Å². The molecule has 2 rings (SSSR count). The minimum Gasteiger partial charge on any atom is -0.469 e. The SMILES string of the molecule is COC(=O)C1CC(=O)NN(C(=O)Cc2ccc(Cl)cc2)C1. The number of carbonyl (C=O) groups excluding carboxylic acids is 3. The molecule has 7 heteroatoms. The second kappa shape index (κ2) is 6.58. The molecule has 1 aromatic rings. The molecule has 1 aliphatic rings. The lowest BCUT2D eigenvalue weighted by Gasteiger charge is -2.31. The number of nitrogens with zero attached hydrogens (tertiary/aromatic N) is 1. The maximum Gasteiger partial charge on any atom is 0.311 e. The number of ether oxygens (including phenoxy) is 1. The van der Waals surface area contributed by atoms with E-state index in [1.54, 1.807) is 24.3 Å². The Morgan fingerprint density at radius 3 is 2.67 bits per heavy atom. The van der Waals surface area contributed by atoms with E-state index in [0.29, 0.717) is 5.02 Å². The molecular weight excluding hydrogens is 296 g/mol. The number of methoxy groups -OCH3 is 1. The predicted molar refractivity (Wildman–Crippen MR) is 75.1 cm³/mol. The molecule has 1 N–H and O–H groups in total. The first-order valence-electron chi connectivity index (χ1n) is 6.41. The first kappa shape index (κ1) is 15.3. The van der Waals surface area contributed by atoms with Crippen LogP contribution in [0.3, 0.4) is 0 Å². The molecule has 0 aliphatic carbocycles. The smallest absolute Gasteiger partial charge is 0.311 e. The third-order valence-electron chi connectivity index (χ3n) is 3.20. The van der Waals surface area contributed by atoms with Gasteiger partial charge >= 0.3 is 5.97 Å². The van der Waals surface area contributed by atoms with Crippen molar-refractivity contribution in [3.05, 3.63) is 34.9 Å². The zero-order valence-corrected chi connectivity index (χ0v) is 12.2. The molecule has 0 saturated carbocycles. The van der Waals surface area contributed by atoms with Crippen LogP contribution < -0.4 is 5.43 Å². The van der Waals surface area contributed by atoms with Crippen molar-refractivity contribution in [1.82, 2.24) is 10.4 Å². The number of hydrogen-bond donors (Lipinski definition) is 1. The minimum absolute atomic E-state index is 0.0252. The van der Waals surface area contributed by atoms with E-state index in [9.17, 15) is 14.4 Å². The molecule has 2 amide bonds. The maximum atomic E-state index is 12.2. The van der Waals surface area contributed by atoms with Gasteiger partial charge < -0.3 is 4.74 Å². The van der Waals surface area contributed by atoms with Crippen LogP contribution in [0.2, 0.25) is 5.02 Å². The van der Waals surface area contributed by atoms with Gasteiger partial charge in [-0.2, -0.15) is 0 Å². The summed E-state index contributed by atoms with van der Waals surface area (Å²) in [5.74, 6) is -1.78. The third-order valence-corrected chi connectivity index (χ3v) is 3.45. The molecule has 0 spiro atoms. The van der Waals surface area contributed by atoms with Gasteiger partial charge in [0.2, 0.25) is 11.8 Å². The molecule has 1 fully saturated rings. The number of esters is 1. The zero-order valence-electron chi connectivity index (χ0n) is 11.5. The highest BCUT2D eigenvalue weighted by Crippen LogP contribution is 2.15. The fourth-order valence-corrected chi connectivity index (χ4v) is 2.24. The summed E-state index contributed by atoms with van der Waals surface area (Å²) in [5, 5.41) is 1.76. The second-order valence-electron chi connectivity index (χ2n) is 4.77. The number of hydrogen-bond acceptors (Lipinski definition) is 4. The van der Waals surface area contributed by atoms with Gasteiger partial charge in [-0.25, -0.2) is 0 Å². The number of rotatable bonds is 3. The lowest BCUT2D eigenvalue weighted by Crippen LogP contribution is -2.55. The lowest BCUT2D eigenvalue weighted by molar-refractivity contribution is -0.156. The van der Waals surface area contributed by atoms with E-state index >= 15 is 0 Å². The van der Waals surface area contributed by atoms with E-state index in [1.807, 2.05) is 0 Å². The lowest BCUT2D eigenvalue weighted by atomic mass is 10.0. The van der Waals surface area contributed by atoms with Gasteiger partial charge in [0, 0.05) is 11.4 Å². The van der Waals surface area contributed by atoms with Crippen molar-refractivity contribution in [1.29, 1.82) is 0 Å². The molecule has 0 aromatic heterocycles. The highest BCUT2D eigenvalue weighted by atomic mass is 35.5. The van der Waals surface area contributed by atoms with Crippen molar-refractivity contribution in [3.63, 3.8) is 0 Å². The summed E-state index contributed by atoms with van der Waals surface area (Å²) in [6.45, 7) is 0.116. The Balaban J connectivity index is 2.02. The number of hydrazine groups is 1. The van der Waals surface area contributed by atoms with Gasteiger partial charge in [-0.05, 0) is 17.7 Å². The molecule has 1 aliphatic heterocycles. The van der Waals surface area contributed by atoms with E-state index in [-0.39, 0.29) is 31.2 Å². The number of carbonyl (C=O) groups is 3. The van der Waals surface area contributed by atoms with Gasteiger partial charge in [-0.3, -0.25) is 24.8 Å². The molecule has 1 heterocycles. The summed E-state index contributed by atoms with van der Waals surface area (Å²) in [4.78, 5) is 35.3. The normalized spacial score (nSPS) is 18.1. The molecule has 0 radical (unpaired) electrons. The fourth-order valence-electron chi connectivity index (χ4n) is 2.11. The first-order valence-corrected chi connectivity index (χ1v) is 6.79. The van der Waals surface area contributed by atoms with Gasteiger partial charge in [0.1, 0.15) is 0 Å². The van der Waals surface area contributed by atoms with Crippen LogP contribution in [-0.2, 0) is 25.5 Å². The van der Waals surface area contributed by atoms with Crippen molar-refractivity contribution >= 4 is 29.4 Å². The van der Waals surface area contributed by atoms with Gasteiger partial charge in [0.25, 0.3) is 0 Å². The van der Waals surface area contributed by atoms with E-state index in [4.69, 9.17) is 11.6 Å². The minimum atomic E-state index is -0.627. The average molecular weight is 311 g/mol. The molecule has 112 valence electrons. The Bertz CT molecular complexity index is 559. The zero-order chi connectivity index (χ0) is 15.4. The standard InChI is InChI=1S/C14H15ClN2O4/c1-21-14(20)10-7-12(18)16-17(8-10)13(19)6-9-2-4-11(15)5-3-9/h2-5,10H,6-8H2,1H3,(H,16,18). The van der Waals surface area contributed by atoms with Gasteiger partial charge in [0.15, 0.2) is 0 Å². The van der Waals surface area contributed by atoms with Crippen molar-refractivity contribution in [2.45, 2.75) is 12.8 Å². The topological polar surface area (TPSA) is 75.7 Å². The molecule has 1 aromatic carbocycles. The summed E-state index contributed by atoms with van der Waals surface area (Å²) >= 11 is 5.78. The summed E-state index contributed by atoms with van der Waals surface area (Å²) in [7, 11) is 1.26. The van der Waals surface area contributed by atoms with Crippen molar-refractivity contribution in [2.24, 2.45) is 5.92 Å². The third kappa shape index (κ3) is 3.95. The van der Waals surface area contributed by atoms with Gasteiger partial charge in [0.05, 0.1) is 26.0 Å². The van der Waals surface area contributed by atoms with Crippen molar-refractivity contribution in [3.8, 4) is 0 Å². The van der Waals surface area contributed by atoms with Crippen LogP contribution in [0.1, 0.15) is 12.0 Å². The monoisotopic (exact) mass is 310 g/mol. The van der Waals surface area contributed by atoms with E-state index in [2.05, 4.69) is 10.2 Å². The second-order valence-corrected chi connectivity index (χ2v) is 5.20. The predicted octanol–water partition coefficient (Wildman–Crippen LogP) is 0.935. The molecule has 21 heavy (non-hydrogen) atoms. The highest BCUT2D eigenvalue weighted by Gasteiger charge is 2.33. The largest absolute Gasteiger partial charge is 0.469 e. The van der Waals surface area contributed by atoms with E-state index in [1.165, 1.54) is 12.1 Å². The molecule has 0 bridgehead atoms. The summed E-state index contributed by atoms with van der Waals surface area (Å²) in [6, 6.07) is 6.86. The van der Waals surface area contributed by atoms with Crippen LogP contribution in [0.25, 0.3) is 0 Å². The van der Waals surface area contributed by atoms with Crippen LogP contribution in [0, 0.1) is 5.92 Å². The van der Waals surface area contributed by atoms with Crippen molar-refractivity contribution in [2.75, 3.05) is 13.7 Å². The Morgan fingerprint density at radius 2 is 2.05 bits per heavy atom. The summed E-state index contributed by atoms with van der Waals surface area (Å²) in [5.41, 5.74) is 3.24. The van der Waals surface area contributed by atoms with Gasteiger partial charge in [-0.15, -0.1) is 0 Å². The summed E-state index contributed by atoms with van der Waals surface area (Å²) in [6.07, 6.45) is 0.142. The quantitative estimate of drug-likeness (QED) is 0.843. The molecule has 6 nitrogen and oxygen atoms in total. The van der Waals surface area contributed by atoms with Crippen LogP contribution in [0.4, 0.5) is 0 Å². The van der Waals surface area contributed by atoms with Gasteiger partial charge in [-0.1, -0.05) is 23.7 Å². The van der Waals surface area contributed by atoms with Crippen molar-refractivity contribution < 1.29 is 19.1 Å². The molecule has 1 unspecified atom stereocenters. The molecule has 1 saturated heterocycles. The van der Waals surface area contributed by atoms with Crippen LogP contribution in [0.5, 0.6) is 0 Å². The first-order chi connectivity index (χ1) is 9.99. The Morgan fingerprint density at radius 1 is 1.38 bits per heavy atom. The van der Waals surface area contributed by atoms with E-state index in [0.717, 1.165) is 5.56 Å². The molecule has 1 atom stereocenters. The molecular formula is C14H15ClN2O4.